The van der Waals surface area contributed by atoms with Crippen molar-refractivity contribution in [2.75, 3.05) is 12.4 Å². The van der Waals surface area contributed by atoms with Gasteiger partial charge in [0.15, 0.2) is 0 Å². The Balaban J connectivity index is 2.54. The lowest BCUT2D eigenvalue weighted by atomic mass is 10.0. The molecule has 0 heterocycles. The number of rotatable bonds is 6. The summed E-state index contributed by atoms with van der Waals surface area (Å²) in [6.07, 6.45) is 1.98. The van der Waals surface area contributed by atoms with Gasteiger partial charge in [-0.15, -0.1) is 0 Å². The SMILES string of the molecule is COc1cc(F)ccc1NC(=O)NC(C)CCC(C)C. The zero-order chi connectivity index (χ0) is 15.1. The molecule has 5 heteroatoms. The molecular weight excluding hydrogens is 259 g/mol. The fourth-order valence-corrected chi connectivity index (χ4v) is 1.81. The predicted octanol–water partition coefficient (Wildman–Crippen LogP) is 3.78. The van der Waals surface area contributed by atoms with Crippen LogP contribution in [0.5, 0.6) is 5.75 Å². The average molecular weight is 282 g/mol. The first kappa shape index (κ1) is 16.3. The van der Waals surface area contributed by atoms with Crippen LogP contribution in [-0.2, 0) is 0 Å². The standard InChI is InChI=1S/C15H23FN2O2/c1-10(2)5-6-11(3)17-15(19)18-13-8-7-12(16)9-14(13)20-4/h7-11H,5-6H2,1-4H3,(H2,17,18,19). The van der Waals surface area contributed by atoms with Crippen molar-refractivity contribution in [3.8, 4) is 5.75 Å². The normalized spacial score (nSPS) is 12.1. The third-order valence-corrected chi connectivity index (χ3v) is 2.97. The van der Waals surface area contributed by atoms with Gasteiger partial charge in [-0.3, -0.25) is 0 Å². The second kappa shape index (κ2) is 7.72. The second-order valence-corrected chi connectivity index (χ2v) is 5.32. The van der Waals surface area contributed by atoms with Crippen molar-refractivity contribution in [2.45, 2.75) is 39.7 Å². The van der Waals surface area contributed by atoms with E-state index in [9.17, 15) is 9.18 Å². The van der Waals surface area contributed by atoms with Gasteiger partial charge in [0.1, 0.15) is 11.6 Å². The highest BCUT2D eigenvalue weighted by Gasteiger charge is 2.11. The third kappa shape index (κ3) is 5.47. The number of anilines is 1. The van der Waals surface area contributed by atoms with E-state index >= 15 is 0 Å². The molecule has 0 fully saturated rings. The molecule has 1 aromatic carbocycles. The summed E-state index contributed by atoms with van der Waals surface area (Å²) in [4.78, 5) is 11.8. The van der Waals surface area contributed by atoms with E-state index in [4.69, 9.17) is 4.74 Å². The monoisotopic (exact) mass is 282 g/mol. The molecule has 2 amide bonds. The number of amides is 2. The smallest absolute Gasteiger partial charge is 0.319 e. The molecule has 0 radical (unpaired) electrons. The van der Waals surface area contributed by atoms with Crippen LogP contribution < -0.4 is 15.4 Å². The van der Waals surface area contributed by atoms with E-state index in [1.807, 2.05) is 6.92 Å². The van der Waals surface area contributed by atoms with Crippen molar-refractivity contribution < 1.29 is 13.9 Å². The number of hydrogen-bond acceptors (Lipinski definition) is 2. The van der Waals surface area contributed by atoms with Crippen LogP contribution in [0.15, 0.2) is 18.2 Å². The van der Waals surface area contributed by atoms with Crippen LogP contribution in [0.1, 0.15) is 33.6 Å². The molecule has 0 spiro atoms. The first-order chi connectivity index (χ1) is 9.42. The molecule has 0 saturated carbocycles. The molecule has 0 saturated heterocycles. The van der Waals surface area contributed by atoms with Gasteiger partial charge < -0.3 is 15.4 Å². The van der Waals surface area contributed by atoms with E-state index in [0.717, 1.165) is 12.8 Å². The molecule has 0 aromatic heterocycles. The maximum Gasteiger partial charge on any atom is 0.319 e. The van der Waals surface area contributed by atoms with Gasteiger partial charge in [0, 0.05) is 12.1 Å². The molecule has 0 aliphatic heterocycles. The summed E-state index contributed by atoms with van der Waals surface area (Å²) < 4.78 is 18.1. The van der Waals surface area contributed by atoms with E-state index < -0.39 is 5.82 Å². The largest absolute Gasteiger partial charge is 0.494 e. The molecule has 4 nitrogen and oxygen atoms in total. The molecule has 1 aromatic rings. The Morgan fingerprint density at radius 1 is 1.30 bits per heavy atom. The molecular formula is C15H23FN2O2. The molecule has 20 heavy (non-hydrogen) atoms. The molecule has 1 unspecified atom stereocenters. The molecule has 0 aliphatic carbocycles. The number of nitrogens with one attached hydrogen (secondary N) is 2. The Morgan fingerprint density at radius 2 is 2.00 bits per heavy atom. The van der Waals surface area contributed by atoms with E-state index in [1.165, 1.54) is 25.3 Å². The Bertz CT molecular complexity index is 449. The van der Waals surface area contributed by atoms with Crippen LogP contribution in [0.4, 0.5) is 14.9 Å². The van der Waals surface area contributed by atoms with Crippen LogP contribution in [-0.4, -0.2) is 19.2 Å². The number of carbonyl (C=O) groups excluding carboxylic acids is 1. The quantitative estimate of drug-likeness (QED) is 0.834. The van der Waals surface area contributed by atoms with E-state index in [1.54, 1.807) is 0 Å². The van der Waals surface area contributed by atoms with Crippen LogP contribution in [0.3, 0.4) is 0 Å². The average Bonchev–Trinajstić information content (AvgIpc) is 2.38. The van der Waals surface area contributed by atoms with Crippen LogP contribution in [0.2, 0.25) is 0 Å². The van der Waals surface area contributed by atoms with Gasteiger partial charge in [0.05, 0.1) is 12.8 Å². The highest BCUT2D eigenvalue weighted by molar-refractivity contribution is 5.91. The summed E-state index contributed by atoms with van der Waals surface area (Å²) in [6.45, 7) is 6.26. The van der Waals surface area contributed by atoms with Crippen molar-refractivity contribution in [2.24, 2.45) is 5.92 Å². The molecule has 1 atom stereocenters. The highest BCUT2D eigenvalue weighted by atomic mass is 19.1. The van der Waals surface area contributed by atoms with Gasteiger partial charge in [-0.25, -0.2) is 9.18 Å². The minimum atomic E-state index is -0.405. The minimum Gasteiger partial charge on any atom is -0.494 e. The maximum absolute atomic E-state index is 13.0. The van der Waals surface area contributed by atoms with Gasteiger partial charge in [-0.2, -0.15) is 0 Å². The molecule has 112 valence electrons. The summed E-state index contributed by atoms with van der Waals surface area (Å²) >= 11 is 0. The molecule has 0 bridgehead atoms. The molecule has 1 rings (SSSR count). The lowest BCUT2D eigenvalue weighted by Crippen LogP contribution is -2.36. The Labute approximate surface area is 119 Å². The van der Waals surface area contributed by atoms with Crippen molar-refractivity contribution in [3.05, 3.63) is 24.0 Å². The zero-order valence-corrected chi connectivity index (χ0v) is 12.5. The number of ether oxygens (including phenoxy) is 1. The number of methoxy groups -OCH3 is 1. The third-order valence-electron chi connectivity index (χ3n) is 2.97. The number of benzene rings is 1. The van der Waals surface area contributed by atoms with Crippen LogP contribution in [0.25, 0.3) is 0 Å². The number of hydrogen-bond donors (Lipinski definition) is 2. The van der Waals surface area contributed by atoms with Gasteiger partial charge in [0.25, 0.3) is 0 Å². The fourth-order valence-electron chi connectivity index (χ4n) is 1.81. The summed E-state index contributed by atoms with van der Waals surface area (Å²) in [5.74, 6) is 0.507. The Kier molecular flexibility index (Phi) is 6.28. The van der Waals surface area contributed by atoms with Crippen LogP contribution >= 0.6 is 0 Å². The van der Waals surface area contributed by atoms with Gasteiger partial charge >= 0.3 is 6.03 Å². The maximum atomic E-state index is 13.0. The summed E-state index contributed by atoms with van der Waals surface area (Å²) in [5, 5.41) is 5.52. The highest BCUT2D eigenvalue weighted by Crippen LogP contribution is 2.24. The van der Waals surface area contributed by atoms with E-state index in [2.05, 4.69) is 24.5 Å². The summed E-state index contributed by atoms with van der Waals surface area (Å²) in [7, 11) is 1.43. The van der Waals surface area contributed by atoms with Crippen molar-refractivity contribution in [3.63, 3.8) is 0 Å². The van der Waals surface area contributed by atoms with Gasteiger partial charge in [-0.1, -0.05) is 13.8 Å². The summed E-state index contributed by atoms with van der Waals surface area (Å²) in [6, 6.07) is 3.76. The minimum absolute atomic E-state index is 0.0869. The fraction of sp³-hybridized carbons (Fsp3) is 0.533. The van der Waals surface area contributed by atoms with Gasteiger partial charge in [0.2, 0.25) is 0 Å². The topological polar surface area (TPSA) is 50.4 Å². The number of carbonyl (C=O) groups is 1. The van der Waals surface area contributed by atoms with Gasteiger partial charge in [-0.05, 0) is 37.8 Å². The zero-order valence-electron chi connectivity index (χ0n) is 12.5. The van der Waals surface area contributed by atoms with Crippen molar-refractivity contribution in [1.82, 2.24) is 5.32 Å². The first-order valence-corrected chi connectivity index (χ1v) is 6.83. The van der Waals surface area contributed by atoms with Crippen molar-refractivity contribution in [1.29, 1.82) is 0 Å². The predicted molar refractivity (Wildman–Crippen MR) is 78.6 cm³/mol. The summed E-state index contributed by atoms with van der Waals surface area (Å²) in [5.41, 5.74) is 0.447. The Morgan fingerprint density at radius 3 is 2.60 bits per heavy atom. The Hall–Kier alpha value is -1.78. The lowest BCUT2D eigenvalue weighted by molar-refractivity contribution is 0.248. The molecule has 0 aliphatic rings. The number of halogens is 1. The van der Waals surface area contributed by atoms with Crippen molar-refractivity contribution >= 4 is 11.7 Å². The first-order valence-electron chi connectivity index (χ1n) is 6.83. The number of urea groups is 1. The lowest BCUT2D eigenvalue weighted by Gasteiger charge is -2.16. The van der Waals surface area contributed by atoms with Crippen LogP contribution in [0, 0.1) is 11.7 Å². The van der Waals surface area contributed by atoms with E-state index in [0.29, 0.717) is 17.4 Å². The molecule has 2 N–H and O–H groups in total. The van der Waals surface area contributed by atoms with E-state index in [-0.39, 0.29) is 12.1 Å². The second-order valence-electron chi connectivity index (χ2n) is 5.32.